The van der Waals surface area contributed by atoms with E-state index in [9.17, 15) is 0 Å². The van der Waals surface area contributed by atoms with Gasteiger partial charge in [0.05, 0.1) is 25.4 Å². The highest BCUT2D eigenvalue weighted by molar-refractivity contribution is 5.83. The third-order valence-corrected chi connectivity index (χ3v) is 3.27. The second kappa shape index (κ2) is 5.85. The lowest BCUT2D eigenvalue weighted by Crippen LogP contribution is -2.01. The van der Waals surface area contributed by atoms with E-state index in [-0.39, 0.29) is 0 Å². The molecule has 0 aliphatic carbocycles. The highest BCUT2D eigenvalue weighted by Gasteiger charge is 2.07. The number of fused-ring (bicyclic) bond motifs is 1. The Bertz CT molecular complexity index is 820. The summed E-state index contributed by atoms with van der Waals surface area (Å²) in [6.07, 6.45) is 0. The Hall–Kier alpha value is -2.89. The first-order valence-corrected chi connectivity index (χ1v) is 6.80. The minimum Gasteiger partial charge on any atom is -0.497 e. The van der Waals surface area contributed by atoms with Crippen LogP contribution in [0.3, 0.4) is 0 Å². The first-order chi connectivity index (χ1) is 10.7. The maximum atomic E-state index is 5.24. The van der Waals surface area contributed by atoms with Crippen LogP contribution in [0.5, 0.6) is 11.6 Å². The normalized spacial score (nSPS) is 10.5. The van der Waals surface area contributed by atoms with E-state index in [0.29, 0.717) is 17.6 Å². The summed E-state index contributed by atoms with van der Waals surface area (Å²) in [6, 6.07) is 11.2. The number of methoxy groups -OCH3 is 2. The van der Waals surface area contributed by atoms with Crippen molar-refractivity contribution in [1.29, 1.82) is 0 Å². The molecule has 0 aliphatic heterocycles. The summed E-state index contributed by atoms with van der Waals surface area (Å²) in [4.78, 5) is 13.3. The average molecular weight is 296 g/mol. The van der Waals surface area contributed by atoms with E-state index in [4.69, 9.17) is 9.47 Å². The summed E-state index contributed by atoms with van der Waals surface area (Å²) >= 11 is 0. The summed E-state index contributed by atoms with van der Waals surface area (Å²) in [5.41, 5.74) is 1.70. The Morgan fingerprint density at radius 3 is 2.59 bits per heavy atom. The van der Waals surface area contributed by atoms with Gasteiger partial charge < -0.3 is 14.8 Å². The largest absolute Gasteiger partial charge is 0.497 e. The van der Waals surface area contributed by atoms with Gasteiger partial charge in [-0.1, -0.05) is 6.07 Å². The van der Waals surface area contributed by atoms with Gasteiger partial charge in [-0.05, 0) is 25.1 Å². The summed E-state index contributed by atoms with van der Waals surface area (Å²) < 4.78 is 10.3. The lowest BCUT2D eigenvalue weighted by atomic mass is 10.2. The molecule has 3 rings (SSSR count). The van der Waals surface area contributed by atoms with Crippen LogP contribution in [0.4, 0.5) is 11.8 Å². The van der Waals surface area contributed by atoms with E-state index >= 15 is 0 Å². The second-order valence-corrected chi connectivity index (χ2v) is 4.71. The van der Waals surface area contributed by atoms with Crippen molar-refractivity contribution in [1.82, 2.24) is 15.0 Å². The average Bonchev–Trinajstić information content (AvgIpc) is 2.54. The Morgan fingerprint density at radius 2 is 1.82 bits per heavy atom. The second-order valence-electron chi connectivity index (χ2n) is 4.71. The molecule has 1 N–H and O–H groups in total. The molecule has 2 aromatic heterocycles. The quantitative estimate of drug-likeness (QED) is 0.798. The van der Waals surface area contributed by atoms with E-state index in [1.165, 1.54) is 0 Å². The predicted molar refractivity (Wildman–Crippen MR) is 84.9 cm³/mol. The number of aromatic nitrogens is 3. The van der Waals surface area contributed by atoms with Crippen LogP contribution in [-0.4, -0.2) is 29.2 Å². The molecule has 22 heavy (non-hydrogen) atoms. The predicted octanol–water partition coefficient (Wildman–Crippen LogP) is 3.09. The number of hydrogen-bond acceptors (Lipinski definition) is 6. The lowest BCUT2D eigenvalue weighted by Gasteiger charge is -2.09. The smallest absolute Gasteiger partial charge is 0.229 e. The fraction of sp³-hybridized carbons (Fsp3) is 0.188. The molecule has 1 aromatic carbocycles. The molecule has 0 radical (unpaired) electrons. The summed E-state index contributed by atoms with van der Waals surface area (Å²) in [5.74, 6) is 2.40. The van der Waals surface area contributed by atoms with E-state index in [1.807, 2.05) is 37.3 Å². The molecular formula is C16H16N4O2. The highest BCUT2D eigenvalue weighted by atomic mass is 16.5. The molecule has 2 heterocycles. The van der Waals surface area contributed by atoms with Crippen molar-refractivity contribution in [2.24, 2.45) is 0 Å². The van der Waals surface area contributed by atoms with Gasteiger partial charge in [-0.3, -0.25) is 0 Å². The number of nitrogens with zero attached hydrogens (tertiary/aromatic N) is 3. The van der Waals surface area contributed by atoms with Gasteiger partial charge in [0.15, 0.2) is 0 Å². The van der Waals surface area contributed by atoms with E-state index in [1.54, 1.807) is 20.3 Å². The molecular weight excluding hydrogens is 280 g/mol. The van der Waals surface area contributed by atoms with Crippen molar-refractivity contribution in [3.8, 4) is 11.6 Å². The maximum Gasteiger partial charge on any atom is 0.229 e. The van der Waals surface area contributed by atoms with Crippen molar-refractivity contribution in [2.75, 3.05) is 19.5 Å². The zero-order valence-electron chi connectivity index (χ0n) is 12.6. The fourth-order valence-electron chi connectivity index (χ4n) is 2.16. The van der Waals surface area contributed by atoms with Gasteiger partial charge in [-0.2, -0.15) is 4.98 Å². The van der Waals surface area contributed by atoms with E-state index in [2.05, 4.69) is 20.3 Å². The van der Waals surface area contributed by atoms with Crippen molar-refractivity contribution in [2.45, 2.75) is 6.92 Å². The minimum absolute atomic E-state index is 0.485. The van der Waals surface area contributed by atoms with Crippen molar-refractivity contribution in [3.63, 3.8) is 0 Å². The molecule has 3 aromatic rings. The number of anilines is 2. The Morgan fingerprint density at radius 1 is 0.955 bits per heavy atom. The number of pyridine rings is 1. The molecule has 0 spiro atoms. The number of hydrogen-bond donors (Lipinski definition) is 1. The fourth-order valence-corrected chi connectivity index (χ4v) is 2.16. The lowest BCUT2D eigenvalue weighted by molar-refractivity contribution is 0.398. The van der Waals surface area contributed by atoms with Gasteiger partial charge in [0.1, 0.15) is 11.6 Å². The molecule has 0 fully saturated rings. The number of benzene rings is 1. The van der Waals surface area contributed by atoms with Crippen molar-refractivity contribution < 1.29 is 9.47 Å². The highest BCUT2D eigenvalue weighted by Crippen LogP contribution is 2.23. The maximum absolute atomic E-state index is 5.24. The molecule has 6 nitrogen and oxygen atoms in total. The first kappa shape index (κ1) is 14.1. The summed E-state index contributed by atoms with van der Waals surface area (Å²) in [7, 11) is 3.21. The molecule has 6 heteroatoms. The molecule has 112 valence electrons. The molecule has 0 unspecified atom stereocenters. The number of ether oxygens (including phenoxy) is 2. The van der Waals surface area contributed by atoms with Crippen LogP contribution >= 0.6 is 0 Å². The van der Waals surface area contributed by atoms with Gasteiger partial charge >= 0.3 is 0 Å². The van der Waals surface area contributed by atoms with Crippen LogP contribution in [0.1, 0.15) is 5.69 Å². The zero-order chi connectivity index (χ0) is 15.5. The Labute approximate surface area is 128 Å². The number of nitrogens with one attached hydrogen (secondary N) is 1. The number of rotatable bonds is 4. The third kappa shape index (κ3) is 2.76. The monoisotopic (exact) mass is 296 g/mol. The molecule has 0 aliphatic rings. The van der Waals surface area contributed by atoms with E-state index < -0.39 is 0 Å². The molecule has 0 saturated heterocycles. The van der Waals surface area contributed by atoms with Crippen LogP contribution in [0.15, 0.2) is 36.4 Å². The zero-order valence-corrected chi connectivity index (χ0v) is 12.6. The summed E-state index contributed by atoms with van der Waals surface area (Å²) in [5, 5.41) is 4.09. The van der Waals surface area contributed by atoms with Gasteiger partial charge in [0, 0.05) is 17.5 Å². The van der Waals surface area contributed by atoms with Crippen LogP contribution in [-0.2, 0) is 0 Å². The Balaban J connectivity index is 1.99. The minimum atomic E-state index is 0.485. The molecule has 0 amide bonds. The standard InChI is InChI=1S/C16H16N4O2/c1-10-12-8-7-11(21-2)9-13(12)18-16(17-10)20-14-5-4-6-15(19-14)22-3/h4-9H,1-3H3,(H,17,18,19,20). The van der Waals surface area contributed by atoms with Crippen molar-refractivity contribution in [3.05, 3.63) is 42.1 Å². The topological polar surface area (TPSA) is 69.2 Å². The van der Waals surface area contributed by atoms with Gasteiger partial charge in [0.25, 0.3) is 0 Å². The third-order valence-electron chi connectivity index (χ3n) is 3.27. The van der Waals surface area contributed by atoms with E-state index in [0.717, 1.165) is 22.3 Å². The number of aryl methyl sites for hydroxylation is 1. The van der Waals surface area contributed by atoms with Crippen molar-refractivity contribution >= 4 is 22.7 Å². The van der Waals surface area contributed by atoms with Crippen LogP contribution in [0.2, 0.25) is 0 Å². The van der Waals surface area contributed by atoms with Gasteiger partial charge in [-0.25, -0.2) is 9.97 Å². The molecule has 0 saturated carbocycles. The van der Waals surface area contributed by atoms with Crippen LogP contribution < -0.4 is 14.8 Å². The van der Waals surface area contributed by atoms with Gasteiger partial charge in [-0.15, -0.1) is 0 Å². The SMILES string of the molecule is COc1ccc2c(C)nc(Nc3cccc(OC)n3)nc2c1. The Kier molecular flexibility index (Phi) is 3.74. The van der Waals surface area contributed by atoms with Crippen LogP contribution in [0, 0.1) is 6.92 Å². The van der Waals surface area contributed by atoms with Gasteiger partial charge in [0.2, 0.25) is 11.8 Å². The molecule has 0 bridgehead atoms. The molecule has 0 atom stereocenters. The van der Waals surface area contributed by atoms with Crippen LogP contribution in [0.25, 0.3) is 10.9 Å². The first-order valence-electron chi connectivity index (χ1n) is 6.80. The summed E-state index contributed by atoms with van der Waals surface area (Å²) in [6.45, 7) is 1.95.